The van der Waals surface area contributed by atoms with E-state index in [4.69, 9.17) is 5.11 Å². The lowest BCUT2D eigenvalue weighted by Gasteiger charge is -2.27. The molecule has 0 fully saturated rings. The highest BCUT2D eigenvalue weighted by molar-refractivity contribution is 5.86. The van der Waals surface area contributed by atoms with Crippen LogP contribution < -0.4 is 0 Å². The Morgan fingerprint density at radius 3 is 2.56 bits per heavy atom. The first kappa shape index (κ1) is 14.6. The molecule has 0 aliphatic carbocycles. The molecule has 1 unspecified atom stereocenters. The lowest BCUT2D eigenvalue weighted by atomic mass is 9.92. The van der Waals surface area contributed by atoms with Gasteiger partial charge in [0.15, 0.2) is 5.69 Å². The molecule has 0 saturated carbocycles. The summed E-state index contributed by atoms with van der Waals surface area (Å²) in [7, 11) is 0. The minimum Gasteiger partial charge on any atom is -0.476 e. The van der Waals surface area contributed by atoms with Crippen LogP contribution in [-0.2, 0) is 13.0 Å². The highest BCUT2D eigenvalue weighted by Gasteiger charge is 2.28. The molecule has 0 aliphatic heterocycles. The van der Waals surface area contributed by atoms with Crippen LogP contribution in [0.1, 0.15) is 50.3 Å². The number of carboxylic acid groups (broad SMARTS) is 1. The van der Waals surface area contributed by atoms with Crippen LogP contribution in [-0.4, -0.2) is 36.8 Å². The molecule has 0 aromatic carbocycles. The molecule has 1 heterocycles. The van der Waals surface area contributed by atoms with Crippen molar-refractivity contribution in [1.29, 1.82) is 0 Å². The summed E-state index contributed by atoms with van der Waals surface area (Å²) >= 11 is 0. The van der Waals surface area contributed by atoms with E-state index in [9.17, 15) is 9.90 Å². The molecule has 0 spiro atoms. The second-order valence-corrected chi connectivity index (χ2v) is 5.11. The third kappa shape index (κ3) is 3.07. The Morgan fingerprint density at radius 2 is 2.11 bits per heavy atom. The number of nitrogens with zero attached hydrogens (tertiary/aromatic N) is 3. The molecule has 0 radical (unpaired) electrons. The van der Waals surface area contributed by atoms with E-state index in [2.05, 4.69) is 10.3 Å². The van der Waals surface area contributed by atoms with Gasteiger partial charge in [0.05, 0.1) is 17.8 Å². The van der Waals surface area contributed by atoms with E-state index in [-0.39, 0.29) is 18.2 Å². The fraction of sp³-hybridized carbons (Fsp3) is 0.750. The smallest absolute Gasteiger partial charge is 0.358 e. The summed E-state index contributed by atoms with van der Waals surface area (Å²) in [6.07, 6.45) is 1.39. The van der Waals surface area contributed by atoms with E-state index >= 15 is 0 Å². The van der Waals surface area contributed by atoms with Crippen LogP contribution in [0.4, 0.5) is 0 Å². The SMILES string of the molecule is CCCc1c(C(=O)O)nnn1CC(C)(O)C(C)C. The third-order valence-electron chi connectivity index (χ3n) is 3.24. The van der Waals surface area contributed by atoms with Gasteiger partial charge in [0.1, 0.15) is 0 Å². The van der Waals surface area contributed by atoms with Gasteiger partial charge in [0.2, 0.25) is 0 Å². The highest BCUT2D eigenvalue weighted by atomic mass is 16.4. The van der Waals surface area contributed by atoms with Gasteiger partial charge in [-0.1, -0.05) is 32.4 Å². The van der Waals surface area contributed by atoms with Crippen molar-refractivity contribution in [3.63, 3.8) is 0 Å². The zero-order valence-electron chi connectivity index (χ0n) is 11.3. The topological polar surface area (TPSA) is 88.2 Å². The predicted octanol–water partition coefficient (Wildman–Crippen LogP) is 1.34. The second kappa shape index (κ2) is 5.48. The van der Waals surface area contributed by atoms with Gasteiger partial charge >= 0.3 is 5.97 Å². The monoisotopic (exact) mass is 255 g/mol. The number of aromatic carboxylic acids is 1. The molecule has 0 amide bonds. The van der Waals surface area contributed by atoms with Gasteiger partial charge in [-0.25, -0.2) is 9.48 Å². The Balaban J connectivity index is 3.06. The Bertz CT molecular complexity index is 424. The summed E-state index contributed by atoms with van der Waals surface area (Å²) in [4.78, 5) is 11.0. The molecule has 6 nitrogen and oxygen atoms in total. The van der Waals surface area contributed by atoms with E-state index in [1.807, 2.05) is 20.8 Å². The van der Waals surface area contributed by atoms with Crippen LogP contribution in [0, 0.1) is 5.92 Å². The molecule has 1 rings (SSSR count). The first-order valence-electron chi connectivity index (χ1n) is 6.17. The molecular formula is C12H21N3O3. The minimum absolute atomic E-state index is 0.0172. The Kier molecular flexibility index (Phi) is 4.45. The standard InChI is InChI=1S/C12H21N3O3/c1-5-6-9-10(11(16)17)13-14-15(9)7-12(4,18)8(2)3/h8,18H,5-7H2,1-4H3,(H,16,17). The Morgan fingerprint density at radius 1 is 1.50 bits per heavy atom. The number of hydrogen-bond donors (Lipinski definition) is 2. The van der Waals surface area contributed by atoms with E-state index in [0.29, 0.717) is 12.1 Å². The summed E-state index contributed by atoms with van der Waals surface area (Å²) in [6.45, 7) is 7.75. The van der Waals surface area contributed by atoms with E-state index in [1.54, 1.807) is 6.92 Å². The molecular weight excluding hydrogens is 234 g/mol. The van der Waals surface area contributed by atoms with Gasteiger partial charge in [-0.05, 0) is 19.3 Å². The number of carbonyl (C=O) groups is 1. The van der Waals surface area contributed by atoms with Gasteiger partial charge in [-0.15, -0.1) is 5.10 Å². The number of hydrogen-bond acceptors (Lipinski definition) is 4. The molecule has 1 atom stereocenters. The van der Waals surface area contributed by atoms with Crippen LogP contribution in [0.15, 0.2) is 0 Å². The maximum absolute atomic E-state index is 11.0. The molecule has 18 heavy (non-hydrogen) atoms. The van der Waals surface area contributed by atoms with Crippen molar-refractivity contribution in [2.75, 3.05) is 0 Å². The number of aliphatic hydroxyl groups is 1. The molecule has 102 valence electrons. The maximum Gasteiger partial charge on any atom is 0.358 e. The first-order chi connectivity index (χ1) is 8.29. The van der Waals surface area contributed by atoms with Crippen LogP contribution in [0.2, 0.25) is 0 Å². The van der Waals surface area contributed by atoms with Crippen molar-refractivity contribution < 1.29 is 15.0 Å². The molecule has 1 aromatic heterocycles. The van der Waals surface area contributed by atoms with Crippen LogP contribution in [0.3, 0.4) is 0 Å². The second-order valence-electron chi connectivity index (χ2n) is 5.11. The Hall–Kier alpha value is -1.43. The normalized spacial score (nSPS) is 14.8. The van der Waals surface area contributed by atoms with Crippen LogP contribution >= 0.6 is 0 Å². The lowest BCUT2D eigenvalue weighted by molar-refractivity contribution is -0.00684. The summed E-state index contributed by atoms with van der Waals surface area (Å²) in [5, 5.41) is 26.8. The lowest BCUT2D eigenvalue weighted by Crippen LogP contribution is -2.37. The first-order valence-corrected chi connectivity index (χ1v) is 6.17. The largest absolute Gasteiger partial charge is 0.476 e. The van der Waals surface area contributed by atoms with Crippen LogP contribution in [0.25, 0.3) is 0 Å². The van der Waals surface area contributed by atoms with Crippen molar-refractivity contribution in [2.45, 2.75) is 52.7 Å². The average Bonchev–Trinajstić information content (AvgIpc) is 2.61. The zero-order chi connectivity index (χ0) is 13.9. The summed E-state index contributed by atoms with van der Waals surface area (Å²) < 4.78 is 1.51. The van der Waals surface area contributed by atoms with Crippen molar-refractivity contribution in [3.05, 3.63) is 11.4 Å². The van der Waals surface area contributed by atoms with E-state index in [1.165, 1.54) is 4.68 Å². The van der Waals surface area contributed by atoms with Crippen molar-refractivity contribution in [2.24, 2.45) is 5.92 Å². The highest BCUT2D eigenvalue weighted by Crippen LogP contribution is 2.20. The van der Waals surface area contributed by atoms with Gasteiger partial charge in [0, 0.05) is 0 Å². The number of rotatable bonds is 6. The van der Waals surface area contributed by atoms with E-state index < -0.39 is 11.6 Å². The number of aromatic nitrogens is 3. The van der Waals surface area contributed by atoms with Crippen molar-refractivity contribution >= 4 is 5.97 Å². The average molecular weight is 255 g/mol. The molecule has 0 bridgehead atoms. The number of carboxylic acids is 1. The van der Waals surface area contributed by atoms with Gasteiger partial charge < -0.3 is 10.2 Å². The predicted molar refractivity (Wildman–Crippen MR) is 66.4 cm³/mol. The quantitative estimate of drug-likeness (QED) is 0.800. The fourth-order valence-corrected chi connectivity index (χ4v) is 1.60. The molecule has 2 N–H and O–H groups in total. The van der Waals surface area contributed by atoms with Gasteiger partial charge in [0.25, 0.3) is 0 Å². The third-order valence-corrected chi connectivity index (χ3v) is 3.24. The fourth-order valence-electron chi connectivity index (χ4n) is 1.60. The van der Waals surface area contributed by atoms with Crippen molar-refractivity contribution in [3.8, 4) is 0 Å². The zero-order valence-corrected chi connectivity index (χ0v) is 11.3. The molecule has 0 aliphatic rings. The van der Waals surface area contributed by atoms with Gasteiger partial charge in [-0.3, -0.25) is 0 Å². The summed E-state index contributed by atoms with van der Waals surface area (Å²) in [5.74, 6) is -1.03. The van der Waals surface area contributed by atoms with Crippen molar-refractivity contribution in [1.82, 2.24) is 15.0 Å². The Labute approximate surface area is 107 Å². The molecule has 6 heteroatoms. The summed E-state index contributed by atoms with van der Waals surface area (Å²) in [5.41, 5.74) is -0.381. The summed E-state index contributed by atoms with van der Waals surface area (Å²) in [6, 6.07) is 0. The maximum atomic E-state index is 11.0. The molecule has 0 saturated heterocycles. The van der Waals surface area contributed by atoms with Gasteiger partial charge in [-0.2, -0.15) is 0 Å². The van der Waals surface area contributed by atoms with Crippen LogP contribution in [0.5, 0.6) is 0 Å². The minimum atomic E-state index is -1.08. The molecule has 1 aromatic rings. The van der Waals surface area contributed by atoms with E-state index in [0.717, 1.165) is 6.42 Å².